The lowest BCUT2D eigenvalue weighted by Crippen LogP contribution is -2.20. The second-order valence-electron chi connectivity index (χ2n) is 7.39. The van der Waals surface area contributed by atoms with Gasteiger partial charge in [0.25, 0.3) is 0 Å². The Hall–Kier alpha value is -0.930. The number of unbranched alkanes of at least 4 members (excludes halogenated alkanes) is 1. The summed E-state index contributed by atoms with van der Waals surface area (Å²) in [6.45, 7) is 7.22. The van der Waals surface area contributed by atoms with Gasteiger partial charge in [0.05, 0.1) is 13.2 Å². The molecule has 1 saturated heterocycles. The van der Waals surface area contributed by atoms with Crippen molar-refractivity contribution in [3.05, 3.63) is 34.9 Å². The number of alkyl halides is 1. The fourth-order valence-corrected chi connectivity index (χ4v) is 3.52. The van der Waals surface area contributed by atoms with Gasteiger partial charge in [0.2, 0.25) is 0 Å². The van der Waals surface area contributed by atoms with Crippen LogP contribution in [-0.4, -0.2) is 25.9 Å². The first-order valence-electron chi connectivity index (χ1n) is 9.64. The molecule has 0 saturated carbocycles. The third-order valence-corrected chi connectivity index (χ3v) is 5.08. The Morgan fingerprint density at radius 1 is 1.25 bits per heavy atom. The average molecular weight is 336 g/mol. The molecule has 0 aliphatic carbocycles. The number of rotatable bonds is 9. The smallest absolute Gasteiger partial charge is 0.123 e. The van der Waals surface area contributed by atoms with E-state index in [0.29, 0.717) is 13.0 Å². The van der Waals surface area contributed by atoms with Crippen LogP contribution in [0, 0.1) is 19.8 Å². The van der Waals surface area contributed by atoms with Gasteiger partial charge in [-0.15, -0.1) is 0 Å². The van der Waals surface area contributed by atoms with Crippen molar-refractivity contribution in [2.24, 2.45) is 5.92 Å². The van der Waals surface area contributed by atoms with Crippen LogP contribution < -0.4 is 5.32 Å². The number of hydrogen-bond donors (Lipinski definition) is 1. The average Bonchev–Trinajstić information content (AvgIpc) is 2.82. The SMILES string of the molecule is Cc1ccc(COCC(F)CCCCC2CCCCNC2)c(C)c1. The molecule has 1 fully saturated rings. The van der Waals surface area contributed by atoms with E-state index in [1.54, 1.807) is 0 Å². The first-order valence-corrected chi connectivity index (χ1v) is 9.64. The van der Waals surface area contributed by atoms with Crippen LogP contribution in [0.1, 0.15) is 61.6 Å². The number of nitrogens with one attached hydrogen (secondary N) is 1. The highest BCUT2D eigenvalue weighted by Crippen LogP contribution is 2.19. The Morgan fingerprint density at radius 3 is 2.96 bits per heavy atom. The minimum absolute atomic E-state index is 0.221. The van der Waals surface area contributed by atoms with Crippen molar-refractivity contribution >= 4 is 0 Å². The summed E-state index contributed by atoms with van der Waals surface area (Å²) in [5, 5.41) is 3.50. The Morgan fingerprint density at radius 2 is 2.12 bits per heavy atom. The molecule has 0 radical (unpaired) electrons. The van der Waals surface area contributed by atoms with E-state index in [0.717, 1.165) is 30.9 Å². The topological polar surface area (TPSA) is 21.3 Å². The number of aryl methyl sites for hydroxylation is 2. The van der Waals surface area contributed by atoms with Crippen molar-refractivity contribution in [3.8, 4) is 0 Å². The van der Waals surface area contributed by atoms with Gasteiger partial charge in [-0.1, -0.05) is 43.0 Å². The van der Waals surface area contributed by atoms with Crippen molar-refractivity contribution < 1.29 is 9.13 Å². The zero-order valence-corrected chi connectivity index (χ0v) is 15.5. The maximum absolute atomic E-state index is 14.0. The molecule has 3 heteroatoms. The molecule has 2 rings (SSSR count). The quantitative estimate of drug-likeness (QED) is 0.633. The highest BCUT2D eigenvalue weighted by molar-refractivity contribution is 5.29. The largest absolute Gasteiger partial charge is 0.374 e. The zero-order valence-electron chi connectivity index (χ0n) is 15.5. The second kappa shape index (κ2) is 10.8. The molecule has 0 spiro atoms. The van der Waals surface area contributed by atoms with Gasteiger partial charge in [-0.25, -0.2) is 4.39 Å². The van der Waals surface area contributed by atoms with Crippen molar-refractivity contribution in [2.45, 2.75) is 71.6 Å². The molecule has 24 heavy (non-hydrogen) atoms. The highest BCUT2D eigenvalue weighted by atomic mass is 19.1. The number of hydrogen-bond acceptors (Lipinski definition) is 2. The number of ether oxygens (including phenoxy) is 1. The lowest BCUT2D eigenvalue weighted by atomic mass is 9.96. The summed E-state index contributed by atoms with van der Waals surface area (Å²) in [4.78, 5) is 0. The maximum atomic E-state index is 14.0. The molecule has 1 N–H and O–H groups in total. The fourth-order valence-electron chi connectivity index (χ4n) is 3.52. The summed E-state index contributed by atoms with van der Waals surface area (Å²) >= 11 is 0. The van der Waals surface area contributed by atoms with Crippen molar-refractivity contribution in [3.63, 3.8) is 0 Å². The monoisotopic (exact) mass is 335 g/mol. The Balaban J connectivity index is 1.54. The van der Waals surface area contributed by atoms with E-state index in [9.17, 15) is 4.39 Å². The van der Waals surface area contributed by atoms with Gasteiger partial charge in [0, 0.05) is 0 Å². The third-order valence-electron chi connectivity index (χ3n) is 5.08. The van der Waals surface area contributed by atoms with Crippen molar-refractivity contribution in [1.29, 1.82) is 0 Å². The fraction of sp³-hybridized carbons (Fsp3) is 0.714. The van der Waals surface area contributed by atoms with Gasteiger partial charge >= 0.3 is 0 Å². The van der Waals surface area contributed by atoms with E-state index in [4.69, 9.17) is 4.74 Å². The van der Waals surface area contributed by atoms with Crippen molar-refractivity contribution in [2.75, 3.05) is 19.7 Å². The molecule has 2 atom stereocenters. The maximum Gasteiger partial charge on any atom is 0.123 e. The number of benzene rings is 1. The number of halogens is 1. The lowest BCUT2D eigenvalue weighted by molar-refractivity contribution is 0.0650. The predicted molar refractivity (Wildman–Crippen MR) is 99.1 cm³/mol. The molecule has 2 nitrogen and oxygen atoms in total. The Labute approximate surface area is 147 Å². The highest BCUT2D eigenvalue weighted by Gasteiger charge is 2.12. The molecule has 136 valence electrons. The van der Waals surface area contributed by atoms with Crippen molar-refractivity contribution in [1.82, 2.24) is 5.32 Å². The first kappa shape index (κ1) is 19.4. The third kappa shape index (κ3) is 7.31. The molecule has 1 heterocycles. The van der Waals surface area contributed by atoms with Crippen LogP contribution in [-0.2, 0) is 11.3 Å². The summed E-state index contributed by atoms with van der Waals surface area (Å²) in [5.74, 6) is 0.798. The molecule has 1 aromatic rings. The van der Waals surface area contributed by atoms with Crippen LogP contribution in [0.3, 0.4) is 0 Å². The van der Waals surface area contributed by atoms with E-state index in [2.05, 4.69) is 37.4 Å². The summed E-state index contributed by atoms with van der Waals surface area (Å²) in [5.41, 5.74) is 3.64. The molecular formula is C21H34FNO. The van der Waals surface area contributed by atoms with E-state index in [-0.39, 0.29) is 6.61 Å². The van der Waals surface area contributed by atoms with Gasteiger partial charge in [-0.05, 0) is 69.7 Å². The molecule has 0 aromatic heterocycles. The van der Waals surface area contributed by atoms with Crippen LogP contribution in [0.2, 0.25) is 0 Å². The van der Waals surface area contributed by atoms with Crippen LogP contribution in [0.5, 0.6) is 0 Å². The van der Waals surface area contributed by atoms with Gasteiger partial charge in [-0.2, -0.15) is 0 Å². The molecule has 0 bridgehead atoms. The molecule has 1 aliphatic heterocycles. The van der Waals surface area contributed by atoms with Crippen LogP contribution in [0.25, 0.3) is 0 Å². The standard InChI is InChI=1S/C21H34FNO/c1-17-10-11-20(18(2)13-17)15-24-16-21(22)9-4-3-7-19-8-5-6-12-23-14-19/h10-11,13,19,21,23H,3-9,12,14-16H2,1-2H3. The van der Waals surface area contributed by atoms with Crippen LogP contribution in [0.15, 0.2) is 18.2 Å². The second-order valence-corrected chi connectivity index (χ2v) is 7.39. The predicted octanol–water partition coefficient (Wildman–Crippen LogP) is 5.11. The van der Waals surface area contributed by atoms with E-state index in [1.165, 1.54) is 43.4 Å². The summed E-state index contributed by atoms with van der Waals surface area (Å²) < 4.78 is 19.5. The minimum atomic E-state index is -0.831. The summed E-state index contributed by atoms with van der Waals surface area (Å²) in [6, 6.07) is 6.31. The molecule has 1 aliphatic rings. The van der Waals surface area contributed by atoms with Gasteiger partial charge < -0.3 is 10.1 Å². The molecular weight excluding hydrogens is 301 g/mol. The Bertz CT molecular complexity index is 469. The lowest BCUT2D eigenvalue weighted by Gasteiger charge is -2.14. The molecule has 0 amide bonds. The normalized spacial score (nSPS) is 19.9. The van der Waals surface area contributed by atoms with Crippen LogP contribution >= 0.6 is 0 Å². The Kier molecular flexibility index (Phi) is 8.76. The van der Waals surface area contributed by atoms with E-state index in [1.807, 2.05) is 0 Å². The summed E-state index contributed by atoms with van der Waals surface area (Å²) in [7, 11) is 0. The van der Waals surface area contributed by atoms with E-state index < -0.39 is 6.17 Å². The van der Waals surface area contributed by atoms with Gasteiger partial charge in [0.15, 0.2) is 0 Å². The van der Waals surface area contributed by atoms with Crippen LogP contribution in [0.4, 0.5) is 4.39 Å². The first-order chi connectivity index (χ1) is 11.6. The van der Waals surface area contributed by atoms with Gasteiger partial charge in [0.1, 0.15) is 6.17 Å². The summed E-state index contributed by atoms with van der Waals surface area (Å²) in [6.07, 6.45) is 7.15. The minimum Gasteiger partial charge on any atom is -0.374 e. The van der Waals surface area contributed by atoms with Gasteiger partial charge in [-0.3, -0.25) is 0 Å². The molecule has 1 aromatic carbocycles. The van der Waals surface area contributed by atoms with E-state index >= 15 is 0 Å². The zero-order chi connectivity index (χ0) is 17.2. The molecule has 2 unspecified atom stereocenters.